The van der Waals surface area contributed by atoms with Crippen LogP contribution >= 0.6 is 23.2 Å². The summed E-state index contributed by atoms with van der Waals surface area (Å²) in [6.07, 6.45) is 6.63. The summed E-state index contributed by atoms with van der Waals surface area (Å²) in [5, 5.41) is 3.99. The van der Waals surface area contributed by atoms with E-state index in [4.69, 9.17) is 28.2 Å². The summed E-state index contributed by atoms with van der Waals surface area (Å²) in [5.41, 5.74) is 4.34. The Kier molecular flexibility index (Phi) is 7.90. The Labute approximate surface area is 193 Å². The number of anilines is 1. The molecule has 1 atom stereocenters. The second-order valence-electron chi connectivity index (χ2n) is 7.92. The lowest BCUT2D eigenvalue weighted by Gasteiger charge is -2.29. The summed E-state index contributed by atoms with van der Waals surface area (Å²) in [6.45, 7) is 5.16. The molecular weight excluding hydrogens is 434 g/mol. The van der Waals surface area contributed by atoms with Crippen molar-refractivity contribution in [1.82, 2.24) is 4.98 Å². The minimum atomic E-state index is -0.460. The monoisotopic (exact) mass is 460 g/mol. The maximum absolute atomic E-state index is 13.9. The number of benzene rings is 1. The van der Waals surface area contributed by atoms with Gasteiger partial charge in [-0.05, 0) is 56.2 Å². The first-order valence-corrected chi connectivity index (χ1v) is 11.3. The quantitative estimate of drug-likeness (QED) is 0.320. The normalized spacial score (nSPS) is 16.7. The molecule has 0 aliphatic heterocycles. The number of nitrogens with one attached hydrogen (secondary N) is 1. The van der Waals surface area contributed by atoms with Crippen molar-refractivity contribution in [1.29, 1.82) is 0 Å². The standard InChI is InChI=1S/C25H27Cl2FN2O/c1-4-22(26)23(24(27)15(2)28)16(3)30-25-21(19-6-5-7-19)12-20(13-29-25)18-10-8-17(14-31)9-11-18/h8-14,16,19H,4-7H2,1-3H3,(H,29,30)/b23-22+,24-15-. The van der Waals surface area contributed by atoms with Gasteiger partial charge in [-0.2, -0.15) is 0 Å². The van der Waals surface area contributed by atoms with E-state index in [0.717, 1.165) is 41.6 Å². The molecule has 1 heterocycles. The van der Waals surface area contributed by atoms with Crippen molar-refractivity contribution >= 4 is 35.3 Å². The third-order valence-corrected chi connectivity index (χ3v) is 6.70. The lowest BCUT2D eigenvalue weighted by molar-refractivity contribution is 0.112. The van der Waals surface area contributed by atoms with E-state index in [1.54, 1.807) is 12.1 Å². The first-order valence-electron chi connectivity index (χ1n) is 10.6. The summed E-state index contributed by atoms with van der Waals surface area (Å²) >= 11 is 12.7. The molecule has 164 valence electrons. The van der Waals surface area contributed by atoms with Crippen molar-refractivity contribution in [2.75, 3.05) is 5.32 Å². The topological polar surface area (TPSA) is 42.0 Å². The maximum atomic E-state index is 13.9. The van der Waals surface area contributed by atoms with Gasteiger partial charge in [-0.1, -0.05) is 60.8 Å². The minimum Gasteiger partial charge on any atom is -0.363 e. The second kappa shape index (κ2) is 10.4. The zero-order valence-corrected chi connectivity index (χ0v) is 19.5. The van der Waals surface area contributed by atoms with Crippen LogP contribution < -0.4 is 5.32 Å². The fraction of sp³-hybridized carbons (Fsp3) is 0.360. The SMILES string of the molecule is CC/C(Cl)=C(\C(Cl)=C(/C)F)C(C)Nc1ncc(-c2ccc(C=O)cc2)cc1C1CCC1. The Morgan fingerprint density at radius 2 is 1.94 bits per heavy atom. The number of nitrogens with zero attached hydrogens (tertiary/aromatic N) is 1. The predicted octanol–water partition coefficient (Wildman–Crippen LogP) is 7.97. The average molecular weight is 461 g/mol. The van der Waals surface area contributed by atoms with Gasteiger partial charge in [-0.25, -0.2) is 9.37 Å². The van der Waals surface area contributed by atoms with Gasteiger partial charge < -0.3 is 5.32 Å². The largest absolute Gasteiger partial charge is 0.363 e. The number of halogens is 3. The number of carbonyl (C=O) groups is 1. The van der Waals surface area contributed by atoms with Gasteiger partial charge in [0.2, 0.25) is 0 Å². The maximum Gasteiger partial charge on any atom is 0.150 e. The van der Waals surface area contributed by atoms with Crippen molar-refractivity contribution in [3.63, 3.8) is 0 Å². The van der Waals surface area contributed by atoms with E-state index < -0.39 is 5.83 Å². The molecule has 1 unspecified atom stereocenters. The van der Waals surface area contributed by atoms with Crippen LogP contribution in [-0.4, -0.2) is 17.3 Å². The van der Waals surface area contributed by atoms with Crippen LogP contribution in [0.2, 0.25) is 0 Å². The van der Waals surface area contributed by atoms with Crippen molar-refractivity contribution in [3.05, 3.63) is 69.1 Å². The van der Waals surface area contributed by atoms with Gasteiger partial charge in [0.25, 0.3) is 0 Å². The number of aldehydes is 1. The Balaban J connectivity index is 1.96. The third-order valence-electron chi connectivity index (χ3n) is 5.77. The summed E-state index contributed by atoms with van der Waals surface area (Å²) < 4.78 is 13.9. The van der Waals surface area contributed by atoms with E-state index >= 15 is 0 Å². The molecule has 0 saturated heterocycles. The smallest absolute Gasteiger partial charge is 0.150 e. The molecule has 2 aromatic rings. The summed E-state index contributed by atoms with van der Waals surface area (Å²) in [4.78, 5) is 15.6. The predicted molar refractivity (Wildman–Crippen MR) is 128 cm³/mol. The van der Waals surface area contributed by atoms with Crippen molar-refractivity contribution in [2.45, 2.75) is 58.4 Å². The van der Waals surface area contributed by atoms with Gasteiger partial charge in [-0.3, -0.25) is 4.79 Å². The summed E-state index contributed by atoms with van der Waals surface area (Å²) in [6, 6.07) is 9.31. The van der Waals surface area contributed by atoms with E-state index in [2.05, 4.69) is 11.4 Å². The van der Waals surface area contributed by atoms with Crippen LogP contribution in [-0.2, 0) is 0 Å². The number of rotatable bonds is 8. The first-order chi connectivity index (χ1) is 14.8. The first kappa shape index (κ1) is 23.5. The molecule has 6 heteroatoms. The molecule has 0 radical (unpaired) electrons. The molecule has 1 fully saturated rings. The summed E-state index contributed by atoms with van der Waals surface area (Å²) in [7, 11) is 0. The lowest BCUT2D eigenvalue weighted by atomic mass is 9.79. The van der Waals surface area contributed by atoms with E-state index in [-0.39, 0.29) is 11.1 Å². The van der Waals surface area contributed by atoms with Crippen LogP contribution in [0, 0.1) is 0 Å². The van der Waals surface area contributed by atoms with Crippen LogP contribution in [0.1, 0.15) is 68.3 Å². The van der Waals surface area contributed by atoms with E-state index in [0.29, 0.717) is 28.5 Å². The van der Waals surface area contributed by atoms with Gasteiger partial charge in [-0.15, -0.1) is 0 Å². The molecule has 31 heavy (non-hydrogen) atoms. The van der Waals surface area contributed by atoms with E-state index in [1.165, 1.54) is 13.3 Å². The average Bonchev–Trinajstić information content (AvgIpc) is 2.73. The highest BCUT2D eigenvalue weighted by Crippen LogP contribution is 2.41. The Hall–Kier alpha value is -2.17. The van der Waals surface area contributed by atoms with Crippen molar-refractivity contribution in [3.8, 4) is 11.1 Å². The molecule has 3 rings (SSSR count). The number of hydrogen-bond acceptors (Lipinski definition) is 3. The highest BCUT2D eigenvalue weighted by molar-refractivity contribution is 6.36. The second-order valence-corrected chi connectivity index (χ2v) is 8.75. The molecule has 1 aliphatic carbocycles. The van der Waals surface area contributed by atoms with Crippen LogP contribution in [0.4, 0.5) is 10.2 Å². The van der Waals surface area contributed by atoms with Gasteiger partial charge in [0.1, 0.15) is 17.9 Å². The van der Waals surface area contributed by atoms with Crippen molar-refractivity contribution in [2.24, 2.45) is 0 Å². The number of aromatic nitrogens is 1. The van der Waals surface area contributed by atoms with Crippen LogP contribution in [0.25, 0.3) is 11.1 Å². The van der Waals surface area contributed by atoms with Crippen LogP contribution in [0.15, 0.2) is 58.0 Å². The Morgan fingerprint density at radius 1 is 1.26 bits per heavy atom. The van der Waals surface area contributed by atoms with Crippen molar-refractivity contribution < 1.29 is 9.18 Å². The number of allylic oxidation sites excluding steroid dienone is 2. The third kappa shape index (κ3) is 5.36. The molecule has 1 aromatic carbocycles. The molecule has 0 bridgehead atoms. The number of carbonyl (C=O) groups excluding carboxylic acids is 1. The number of hydrogen-bond donors (Lipinski definition) is 1. The molecule has 1 aromatic heterocycles. The molecule has 1 N–H and O–H groups in total. The van der Waals surface area contributed by atoms with Gasteiger partial charge in [0, 0.05) is 27.9 Å². The fourth-order valence-electron chi connectivity index (χ4n) is 3.74. The minimum absolute atomic E-state index is 0.0453. The highest BCUT2D eigenvalue weighted by atomic mass is 35.5. The molecule has 1 saturated carbocycles. The Morgan fingerprint density at radius 3 is 2.45 bits per heavy atom. The van der Waals surface area contributed by atoms with E-state index in [1.807, 2.05) is 32.2 Å². The van der Waals surface area contributed by atoms with E-state index in [9.17, 15) is 9.18 Å². The summed E-state index contributed by atoms with van der Waals surface area (Å²) in [5.74, 6) is 0.738. The van der Waals surface area contributed by atoms with Gasteiger partial charge in [0.05, 0.1) is 11.1 Å². The molecule has 3 nitrogen and oxygen atoms in total. The number of pyridine rings is 1. The zero-order chi connectivity index (χ0) is 22.5. The van der Waals surface area contributed by atoms with Crippen LogP contribution in [0.3, 0.4) is 0 Å². The molecule has 0 spiro atoms. The van der Waals surface area contributed by atoms with Gasteiger partial charge in [0.15, 0.2) is 0 Å². The molecule has 0 amide bonds. The fourth-order valence-corrected chi connectivity index (χ4v) is 4.33. The van der Waals surface area contributed by atoms with Gasteiger partial charge >= 0.3 is 0 Å². The Bertz CT molecular complexity index is 1010. The molecular formula is C25H27Cl2FN2O. The molecule has 1 aliphatic rings. The highest BCUT2D eigenvalue weighted by Gasteiger charge is 2.26. The zero-order valence-electron chi connectivity index (χ0n) is 18.0. The lowest BCUT2D eigenvalue weighted by Crippen LogP contribution is -2.23. The van der Waals surface area contributed by atoms with Crippen LogP contribution in [0.5, 0.6) is 0 Å².